The van der Waals surface area contributed by atoms with Crippen molar-refractivity contribution >= 4 is 39.7 Å². The lowest BCUT2D eigenvalue weighted by Crippen LogP contribution is -2.17. The lowest BCUT2D eigenvalue weighted by atomic mass is 10.2. The highest BCUT2D eigenvalue weighted by Gasteiger charge is 2.15. The highest BCUT2D eigenvalue weighted by Crippen LogP contribution is 2.29. The first-order chi connectivity index (χ1) is 15.9. The maximum Gasteiger partial charge on any atom is 0.343 e. The van der Waals surface area contributed by atoms with Gasteiger partial charge in [-0.05, 0) is 61.0 Å². The molecule has 1 amide bonds. The summed E-state index contributed by atoms with van der Waals surface area (Å²) in [5, 5.41) is 14.7. The van der Waals surface area contributed by atoms with Crippen molar-refractivity contribution in [2.45, 2.75) is 6.92 Å². The molecule has 3 aromatic rings. The molecule has 1 N–H and O–H groups in total. The van der Waals surface area contributed by atoms with Crippen LogP contribution in [-0.4, -0.2) is 29.6 Å². The van der Waals surface area contributed by atoms with Crippen molar-refractivity contribution in [3.63, 3.8) is 0 Å². The van der Waals surface area contributed by atoms with Crippen LogP contribution in [-0.2, 0) is 0 Å². The van der Waals surface area contributed by atoms with Crippen molar-refractivity contribution < 1.29 is 24.0 Å². The van der Waals surface area contributed by atoms with Gasteiger partial charge in [0.15, 0.2) is 11.5 Å². The number of nitrogens with one attached hydrogen (secondary N) is 1. The van der Waals surface area contributed by atoms with Crippen LogP contribution in [0.25, 0.3) is 0 Å². The Labute approximate surface area is 197 Å². The summed E-state index contributed by atoms with van der Waals surface area (Å²) in [4.78, 5) is 34.8. The number of amides is 1. The van der Waals surface area contributed by atoms with E-state index < -0.39 is 10.9 Å². The Hall–Kier alpha value is -4.05. The SMILES string of the molecule is CCOc1cc(/C=N\NC(=O)c2cccc(Br)c2)ccc1OC(=O)c1ccc([N+](=O)[O-])cc1. The lowest BCUT2D eigenvalue weighted by molar-refractivity contribution is -0.384. The topological polar surface area (TPSA) is 120 Å². The van der Waals surface area contributed by atoms with E-state index in [2.05, 4.69) is 26.5 Å². The number of ether oxygens (including phenoxy) is 2. The van der Waals surface area contributed by atoms with E-state index in [-0.39, 0.29) is 22.9 Å². The third-order valence-corrected chi connectivity index (χ3v) is 4.74. The van der Waals surface area contributed by atoms with Gasteiger partial charge in [0.2, 0.25) is 0 Å². The molecule has 0 heterocycles. The number of nitrogens with zero attached hydrogens (tertiary/aromatic N) is 2. The van der Waals surface area contributed by atoms with Gasteiger partial charge in [0.1, 0.15) is 0 Å². The number of esters is 1. The molecular weight excluding hydrogens is 494 g/mol. The molecule has 0 radical (unpaired) electrons. The number of non-ortho nitro benzene ring substituents is 1. The molecule has 0 aliphatic rings. The minimum atomic E-state index is -0.687. The third-order valence-electron chi connectivity index (χ3n) is 4.25. The van der Waals surface area contributed by atoms with Gasteiger partial charge in [-0.15, -0.1) is 0 Å². The number of rotatable bonds is 8. The smallest absolute Gasteiger partial charge is 0.343 e. The molecule has 3 aromatic carbocycles. The van der Waals surface area contributed by atoms with Gasteiger partial charge in [0.05, 0.1) is 23.3 Å². The van der Waals surface area contributed by atoms with Gasteiger partial charge in [-0.25, -0.2) is 10.2 Å². The van der Waals surface area contributed by atoms with E-state index in [1.807, 2.05) is 6.07 Å². The molecule has 0 atom stereocenters. The first-order valence-corrected chi connectivity index (χ1v) is 10.5. The molecule has 33 heavy (non-hydrogen) atoms. The zero-order valence-corrected chi connectivity index (χ0v) is 18.9. The van der Waals surface area contributed by atoms with E-state index in [1.54, 1.807) is 37.3 Å². The Kier molecular flexibility index (Phi) is 7.87. The Balaban J connectivity index is 1.70. The van der Waals surface area contributed by atoms with Gasteiger partial charge >= 0.3 is 5.97 Å². The Morgan fingerprint density at radius 1 is 1.06 bits per heavy atom. The van der Waals surface area contributed by atoms with Gasteiger partial charge in [-0.1, -0.05) is 22.0 Å². The van der Waals surface area contributed by atoms with Crippen LogP contribution in [0.15, 0.2) is 76.3 Å². The second-order valence-electron chi connectivity index (χ2n) is 6.54. The lowest BCUT2D eigenvalue weighted by Gasteiger charge is -2.11. The molecule has 0 spiro atoms. The Morgan fingerprint density at radius 3 is 2.48 bits per heavy atom. The number of nitro groups is 1. The molecule has 0 saturated heterocycles. The predicted molar refractivity (Wildman–Crippen MR) is 125 cm³/mol. The van der Waals surface area contributed by atoms with Gasteiger partial charge in [0.25, 0.3) is 11.6 Å². The molecule has 10 heteroatoms. The number of nitro benzene ring substituents is 1. The fourth-order valence-electron chi connectivity index (χ4n) is 2.70. The quantitative estimate of drug-likeness (QED) is 0.153. The zero-order chi connectivity index (χ0) is 23.8. The molecular formula is C23H18BrN3O6. The van der Waals surface area contributed by atoms with Crippen molar-refractivity contribution in [3.8, 4) is 11.5 Å². The second kappa shape index (κ2) is 11.0. The van der Waals surface area contributed by atoms with E-state index in [0.29, 0.717) is 23.5 Å². The average molecular weight is 512 g/mol. The summed E-state index contributed by atoms with van der Waals surface area (Å²) in [6.07, 6.45) is 1.43. The van der Waals surface area contributed by atoms with E-state index in [9.17, 15) is 19.7 Å². The fraction of sp³-hybridized carbons (Fsp3) is 0.0870. The molecule has 0 aliphatic heterocycles. The predicted octanol–water partition coefficient (Wildman–Crippen LogP) is 4.74. The van der Waals surface area contributed by atoms with E-state index >= 15 is 0 Å². The molecule has 3 rings (SSSR count). The third kappa shape index (κ3) is 6.47. The Bertz CT molecular complexity index is 1210. The number of hydrazone groups is 1. The summed E-state index contributed by atoms with van der Waals surface area (Å²) >= 11 is 3.31. The molecule has 0 bridgehead atoms. The van der Waals surface area contributed by atoms with Gasteiger partial charge in [0, 0.05) is 22.2 Å². The van der Waals surface area contributed by atoms with Gasteiger partial charge in [-0.2, -0.15) is 5.10 Å². The highest BCUT2D eigenvalue weighted by atomic mass is 79.9. The molecule has 0 unspecified atom stereocenters. The van der Waals surface area contributed by atoms with Gasteiger partial charge < -0.3 is 9.47 Å². The maximum atomic E-state index is 12.4. The number of hydrogen-bond acceptors (Lipinski definition) is 7. The van der Waals surface area contributed by atoms with Crippen LogP contribution in [0, 0.1) is 10.1 Å². The summed E-state index contributed by atoms with van der Waals surface area (Å²) in [6, 6.07) is 16.7. The van der Waals surface area contributed by atoms with Crippen LogP contribution in [0.4, 0.5) is 5.69 Å². The van der Waals surface area contributed by atoms with Crippen molar-refractivity contribution in [1.82, 2.24) is 5.43 Å². The average Bonchev–Trinajstić information content (AvgIpc) is 2.80. The number of carbonyl (C=O) groups is 2. The van der Waals surface area contributed by atoms with Crippen molar-refractivity contribution in [1.29, 1.82) is 0 Å². The summed E-state index contributed by atoms with van der Waals surface area (Å²) < 4.78 is 11.7. The number of halogens is 1. The van der Waals surface area contributed by atoms with Crippen molar-refractivity contribution in [2.75, 3.05) is 6.61 Å². The number of benzene rings is 3. The minimum Gasteiger partial charge on any atom is -0.490 e. The number of hydrogen-bond donors (Lipinski definition) is 1. The first-order valence-electron chi connectivity index (χ1n) is 9.70. The highest BCUT2D eigenvalue weighted by molar-refractivity contribution is 9.10. The van der Waals surface area contributed by atoms with Crippen LogP contribution in [0.2, 0.25) is 0 Å². The molecule has 0 fully saturated rings. The summed E-state index contributed by atoms with van der Waals surface area (Å²) in [5.74, 6) is -0.578. The van der Waals surface area contributed by atoms with Crippen molar-refractivity contribution in [2.24, 2.45) is 5.10 Å². The summed E-state index contributed by atoms with van der Waals surface area (Å²) in [5.41, 5.74) is 3.52. The van der Waals surface area contributed by atoms with E-state index in [1.165, 1.54) is 36.5 Å². The van der Waals surface area contributed by atoms with E-state index in [0.717, 1.165) is 4.47 Å². The number of carbonyl (C=O) groups excluding carboxylic acids is 2. The van der Waals surface area contributed by atoms with Crippen LogP contribution in [0.3, 0.4) is 0 Å². The summed E-state index contributed by atoms with van der Waals surface area (Å²) in [7, 11) is 0. The van der Waals surface area contributed by atoms with Crippen LogP contribution in [0.5, 0.6) is 11.5 Å². The second-order valence-corrected chi connectivity index (χ2v) is 7.46. The minimum absolute atomic E-state index is 0.128. The summed E-state index contributed by atoms with van der Waals surface area (Å²) in [6.45, 7) is 2.10. The molecule has 0 aromatic heterocycles. The Morgan fingerprint density at radius 2 is 1.82 bits per heavy atom. The first kappa shape index (κ1) is 23.6. The van der Waals surface area contributed by atoms with E-state index in [4.69, 9.17) is 9.47 Å². The normalized spacial score (nSPS) is 10.6. The van der Waals surface area contributed by atoms with Crippen LogP contribution >= 0.6 is 15.9 Å². The van der Waals surface area contributed by atoms with Crippen molar-refractivity contribution in [3.05, 3.63) is 98.0 Å². The molecule has 0 aliphatic carbocycles. The maximum absolute atomic E-state index is 12.4. The van der Waals surface area contributed by atoms with Crippen LogP contribution < -0.4 is 14.9 Å². The largest absolute Gasteiger partial charge is 0.490 e. The molecule has 168 valence electrons. The molecule has 9 nitrogen and oxygen atoms in total. The van der Waals surface area contributed by atoms with Gasteiger partial charge in [-0.3, -0.25) is 14.9 Å². The van der Waals surface area contributed by atoms with Crippen LogP contribution in [0.1, 0.15) is 33.2 Å². The monoisotopic (exact) mass is 511 g/mol. The standard InChI is InChI=1S/C23H18BrN3O6/c1-2-32-21-12-15(14-25-26-22(28)17-4-3-5-18(24)13-17)6-11-20(21)33-23(29)16-7-9-19(10-8-16)27(30)31/h3-14H,2H2,1H3,(H,26,28)/b25-14-. The molecule has 0 saturated carbocycles. The fourth-order valence-corrected chi connectivity index (χ4v) is 3.09. The zero-order valence-electron chi connectivity index (χ0n) is 17.4.